The van der Waals surface area contributed by atoms with Gasteiger partial charge in [-0.2, -0.15) is 0 Å². The Bertz CT molecular complexity index is 491. The third kappa shape index (κ3) is 5.34. The van der Waals surface area contributed by atoms with Crippen LogP contribution in [-0.2, 0) is 11.2 Å². The first-order valence-corrected chi connectivity index (χ1v) is 8.09. The van der Waals surface area contributed by atoms with Crippen molar-refractivity contribution in [1.29, 1.82) is 0 Å². The summed E-state index contributed by atoms with van der Waals surface area (Å²) in [6, 6.07) is 8.80. The number of rotatable bonds is 3. The van der Waals surface area contributed by atoms with E-state index in [4.69, 9.17) is 4.74 Å². The molecular weight excluding hydrogens is 276 g/mol. The van der Waals surface area contributed by atoms with Crippen LogP contribution in [0, 0.1) is 12.8 Å². The number of hydrogen-bond donors (Lipinski definition) is 2. The Kier molecular flexibility index (Phi) is 5.46. The maximum absolute atomic E-state index is 12.0. The second-order valence-electron chi connectivity index (χ2n) is 7.20. The Balaban J connectivity index is 1.96. The van der Waals surface area contributed by atoms with Gasteiger partial charge in [0.05, 0.1) is 0 Å². The zero-order valence-corrected chi connectivity index (χ0v) is 14.1. The second-order valence-corrected chi connectivity index (χ2v) is 7.20. The minimum Gasteiger partial charge on any atom is -0.444 e. The second kappa shape index (κ2) is 7.14. The van der Waals surface area contributed by atoms with Crippen LogP contribution in [0.2, 0.25) is 0 Å². The number of benzene rings is 1. The fourth-order valence-electron chi connectivity index (χ4n) is 2.81. The Morgan fingerprint density at radius 3 is 2.64 bits per heavy atom. The molecule has 1 heterocycles. The Labute approximate surface area is 133 Å². The molecule has 0 aromatic heterocycles. The van der Waals surface area contributed by atoms with E-state index < -0.39 is 5.60 Å². The van der Waals surface area contributed by atoms with Crippen LogP contribution in [0.4, 0.5) is 4.79 Å². The van der Waals surface area contributed by atoms with Gasteiger partial charge < -0.3 is 15.4 Å². The maximum atomic E-state index is 12.0. The number of nitrogens with one attached hydrogen (secondary N) is 2. The first kappa shape index (κ1) is 16.8. The van der Waals surface area contributed by atoms with Crippen LogP contribution in [0.25, 0.3) is 0 Å². The highest BCUT2D eigenvalue weighted by Gasteiger charge is 2.28. The van der Waals surface area contributed by atoms with Crippen molar-refractivity contribution in [3.63, 3.8) is 0 Å². The summed E-state index contributed by atoms with van der Waals surface area (Å²) in [5, 5.41) is 6.48. The topological polar surface area (TPSA) is 50.4 Å². The van der Waals surface area contributed by atoms with Gasteiger partial charge in [-0.3, -0.25) is 0 Å². The van der Waals surface area contributed by atoms with E-state index in [1.165, 1.54) is 11.1 Å². The Morgan fingerprint density at radius 2 is 2.00 bits per heavy atom. The van der Waals surface area contributed by atoms with E-state index >= 15 is 0 Å². The van der Waals surface area contributed by atoms with Crippen molar-refractivity contribution >= 4 is 6.09 Å². The molecule has 22 heavy (non-hydrogen) atoms. The van der Waals surface area contributed by atoms with Gasteiger partial charge in [0, 0.05) is 12.6 Å². The van der Waals surface area contributed by atoms with Crippen LogP contribution in [0.5, 0.6) is 0 Å². The number of alkyl carbamates (subject to hydrolysis) is 1. The van der Waals surface area contributed by atoms with Gasteiger partial charge in [0.15, 0.2) is 0 Å². The minimum atomic E-state index is -0.455. The molecule has 4 nitrogen and oxygen atoms in total. The largest absolute Gasteiger partial charge is 0.444 e. The molecule has 1 fully saturated rings. The first-order chi connectivity index (χ1) is 10.3. The lowest BCUT2D eigenvalue weighted by Gasteiger charge is -2.33. The molecule has 0 saturated carbocycles. The summed E-state index contributed by atoms with van der Waals surface area (Å²) >= 11 is 0. The molecule has 0 radical (unpaired) electrons. The molecule has 1 aromatic rings. The van der Waals surface area contributed by atoms with Gasteiger partial charge in [-0.25, -0.2) is 4.79 Å². The number of amides is 1. The lowest BCUT2D eigenvalue weighted by molar-refractivity contribution is 0.0473. The highest BCUT2D eigenvalue weighted by atomic mass is 16.6. The average Bonchev–Trinajstić information content (AvgIpc) is 2.41. The predicted molar refractivity (Wildman–Crippen MR) is 89.0 cm³/mol. The highest BCUT2D eigenvalue weighted by Crippen LogP contribution is 2.18. The van der Waals surface area contributed by atoms with Crippen molar-refractivity contribution in [2.45, 2.75) is 52.2 Å². The van der Waals surface area contributed by atoms with Gasteiger partial charge >= 0.3 is 6.09 Å². The lowest BCUT2D eigenvalue weighted by atomic mass is 9.87. The van der Waals surface area contributed by atoms with E-state index in [0.717, 1.165) is 25.9 Å². The molecule has 1 saturated heterocycles. The van der Waals surface area contributed by atoms with Gasteiger partial charge in [0.2, 0.25) is 0 Å². The van der Waals surface area contributed by atoms with Crippen molar-refractivity contribution in [1.82, 2.24) is 10.6 Å². The zero-order valence-electron chi connectivity index (χ0n) is 14.1. The van der Waals surface area contributed by atoms with Crippen LogP contribution >= 0.6 is 0 Å². The quantitative estimate of drug-likeness (QED) is 0.902. The molecule has 4 heteroatoms. The van der Waals surface area contributed by atoms with Gasteiger partial charge in [-0.1, -0.05) is 29.8 Å². The highest BCUT2D eigenvalue weighted by molar-refractivity contribution is 5.68. The summed E-state index contributed by atoms with van der Waals surface area (Å²) in [5.41, 5.74) is 2.13. The normalized spacial score (nSPS) is 22.2. The standard InChI is InChI=1S/C18H28N2O2/c1-13-5-7-14(8-6-13)11-15-12-19-10-9-16(15)20-17(21)22-18(2,3)4/h5-8,15-16,19H,9-12H2,1-4H3,(H,20,21)/t15-,16+/m0/s1. The predicted octanol–water partition coefficient (Wildman–Crippen LogP) is 3.04. The first-order valence-electron chi connectivity index (χ1n) is 8.09. The zero-order chi connectivity index (χ0) is 16.2. The number of carbonyl (C=O) groups excluding carboxylic acids is 1. The third-order valence-electron chi connectivity index (χ3n) is 3.93. The SMILES string of the molecule is Cc1ccc(C[C@H]2CNCC[C@H]2NC(=O)OC(C)(C)C)cc1. The Hall–Kier alpha value is -1.55. The molecule has 2 atom stereocenters. The summed E-state index contributed by atoms with van der Waals surface area (Å²) in [6.07, 6.45) is 1.59. The monoisotopic (exact) mass is 304 g/mol. The van der Waals surface area contributed by atoms with Crippen molar-refractivity contribution in [3.05, 3.63) is 35.4 Å². The summed E-state index contributed by atoms with van der Waals surface area (Å²) in [6.45, 7) is 9.62. The number of hydrogen-bond acceptors (Lipinski definition) is 3. The average molecular weight is 304 g/mol. The molecule has 0 aliphatic carbocycles. The van der Waals surface area contributed by atoms with Crippen LogP contribution in [0.3, 0.4) is 0 Å². The van der Waals surface area contributed by atoms with Crippen molar-refractivity contribution in [3.8, 4) is 0 Å². The van der Waals surface area contributed by atoms with Crippen molar-refractivity contribution in [2.24, 2.45) is 5.92 Å². The van der Waals surface area contributed by atoms with E-state index in [1.54, 1.807) is 0 Å². The van der Waals surface area contributed by atoms with Crippen LogP contribution < -0.4 is 10.6 Å². The molecule has 2 N–H and O–H groups in total. The van der Waals surface area contributed by atoms with Crippen LogP contribution in [0.1, 0.15) is 38.3 Å². The molecule has 1 aromatic carbocycles. The smallest absolute Gasteiger partial charge is 0.407 e. The number of piperidine rings is 1. The molecule has 0 bridgehead atoms. The Morgan fingerprint density at radius 1 is 1.32 bits per heavy atom. The molecule has 0 spiro atoms. The van der Waals surface area contributed by atoms with E-state index in [0.29, 0.717) is 5.92 Å². The van der Waals surface area contributed by atoms with Crippen molar-refractivity contribution in [2.75, 3.05) is 13.1 Å². The number of carbonyl (C=O) groups is 1. The van der Waals surface area contributed by atoms with E-state index in [1.807, 2.05) is 20.8 Å². The maximum Gasteiger partial charge on any atom is 0.407 e. The van der Waals surface area contributed by atoms with Gasteiger partial charge in [0.25, 0.3) is 0 Å². The summed E-state index contributed by atoms with van der Waals surface area (Å²) < 4.78 is 5.38. The summed E-state index contributed by atoms with van der Waals surface area (Å²) in [4.78, 5) is 12.0. The summed E-state index contributed by atoms with van der Waals surface area (Å²) in [7, 11) is 0. The van der Waals surface area contributed by atoms with Crippen LogP contribution in [0.15, 0.2) is 24.3 Å². The molecule has 1 aliphatic heterocycles. The summed E-state index contributed by atoms with van der Waals surface area (Å²) in [5.74, 6) is 0.393. The molecule has 2 rings (SSSR count). The van der Waals surface area contributed by atoms with Crippen LogP contribution in [-0.4, -0.2) is 30.8 Å². The molecule has 1 aliphatic rings. The van der Waals surface area contributed by atoms with Gasteiger partial charge in [-0.05, 0) is 58.6 Å². The molecule has 0 unspecified atom stereocenters. The van der Waals surface area contributed by atoms with E-state index in [9.17, 15) is 4.79 Å². The van der Waals surface area contributed by atoms with Gasteiger partial charge in [0.1, 0.15) is 5.60 Å². The number of ether oxygens (including phenoxy) is 1. The fraction of sp³-hybridized carbons (Fsp3) is 0.611. The third-order valence-corrected chi connectivity index (χ3v) is 3.93. The molecule has 1 amide bonds. The lowest BCUT2D eigenvalue weighted by Crippen LogP contribution is -2.51. The van der Waals surface area contributed by atoms with E-state index in [2.05, 4.69) is 41.8 Å². The minimum absolute atomic E-state index is 0.164. The number of aryl methyl sites for hydroxylation is 1. The molecule has 122 valence electrons. The van der Waals surface area contributed by atoms with E-state index in [-0.39, 0.29) is 12.1 Å². The van der Waals surface area contributed by atoms with Crippen molar-refractivity contribution < 1.29 is 9.53 Å². The molecular formula is C18H28N2O2. The fourth-order valence-corrected chi connectivity index (χ4v) is 2.81. The van der Waals surface area contributed by atoms with Gasteiger partial charge in [-0.15, -0.1) is 0 Å².